The number of anilines is 1. The Kier molecular flexibility index (Phi) is 5.48. The van der Waals surface area contributed by atoms with Crippen LogP contribution < -0.4 is 11.1 Å². The van der Waals surface area contributed by atoms with Gasteiger partial charge in [0.25, 0.3) is 0 Å². The lowest BCUT2D eigenvalue weighted by atomic mass is 10.1. The third-order valence-corrected chi connectivity index (χ3v) is 4.46. The third kappa shape index (κ3) is 5.08. The largest absolute Gasteiger partial charge is 0.329 e. The van der Waals surface area contributed by atoms with E-state index in [0.717, 1.165) is 5.56 Å². The fourth-order valence-corrected chi connectivity index (χ4v) is 3.20. The van der Waals surface area contributed by atoms with Crippen LogP contribution in [0.1, 0.15) is 5.56 Å². The van der Waals surface area contributed by atoms with Gasteiger partial charge >= 0.3 is 7.60 Å². The summed E-state index contributed by atoms with van der Waals surface area (Å²) in [6.45, 7) is -0.106. The second-order valence-corrected chi connectivity index (χ2v) is 7.52. The van der Waals surface area contributed by atoms with E-state index in [2.05, 4.69) is 15.6 Å². The van der Waals surface area contributed by atoms with Gasteiger partial charge in [-0.3, -0.25) is 9.36 Å². The molecule has 3 aromatic rings. The SMILES string of the molecule is NCC(=O)Nc1cccc(-c2cn(-c3cccc(CP(=O)(O)O)c3)nn2)c1. The zero-order chi connectivity index (χ0) is 19.4. The van der Waals surface area contributed by atoms with Crippen molar-refractivity contribution in [2.75, 3.05) is 11.9 Å². The molecule has 0 aliphatic heterocycles. The van der Waals surface area contributed by atoms with E-state index in [1.54, 1.807) is 48.7 Å². The van der Waals surface area contributed by atoms with E-state index in [9.17, 15) is 9.36 Å². The first-order valence-electron chi connectivity index (χ1n) is 8.01. The number of hydrogen-bond acceptors (Lipinski definition) is 5. The lowest BCUT2D eigenvalue weighted by Gasteiger charge is -2.06. The molecule has 3 rings (SSSR count). The zero-order valence-corrected chi connectivity index (χ0v) is 15.1. The molecule has 0 spiro atoms. The Morgan fingerprint density at radius 1 is 1.19 bits per heavy atom. The molecule has 5 N–H and O–H groups in total. The lowest BCUT2D eigenvalue weighted by molar-refractivity contribution is -0.114. The molecule has 2 aromatic carbocycles. The molecule has 0 unspecified atom stereocenters. The first-order chi connectivity index (χ1) is 12.8. The molecule has 10 heteroatoms. The van der Waals surface area contributed by atoms with Crippen molar-refractivity contribution in [2.45, 2.75) is 6.16 Å². The molecule has 0 aliphatic rings. The normalized spacial score (nSPS) is 11.4. The maximum absolute atomic E-state index is 11.4. The summed E-state index contributed by atoms with van der Waals surface area (Å²) in [6, 6.07) is 13.9. The summed E-state index contributed by atoms with van der Waals surface area (Å²) in [7, 11) is -4.15. The van der Waals surface area contributed by atoms with Crippen molar-refractivity contribution in [1.29, 1.82) is 0 Å². The summed E-state index contributed by atoms with van der Waals surface area (Å²) in [4.78, 5) is 29.7. The van der Waals surface area contributed by atoms with Gasteiger partial charge in [-0.1, -0.05) is 29.5 Å². The van der Waals surface area contributed by atoms with E-state index in [-0.39, 0.29) is 18.6 Å². The lowest BCUT2D eigenvalue weighted by Crippen LogP contribution is -2.21. The molecule has 0 radical (unpaired) electrons. The fourth-order valence-electron chi connectivity index (χ4n) is 2.53. The molecule has 0 aliphatic carbocycles. The molecule has 0 bridgehead atoms. The van der Waals surface area contributed by atoms with Gasteiger partial charge in [0.15, 0.2) is 0 Å². The van der Waals surface area contributed by atoms with Crippen LogP contribution in [0.15, 0.2) is 54.7 Å². The first kappa shape index (κ1) is 18.9. The average Bonchev–Trinajstić information content (AvgIpc) is 3.11. The second kappa shape index (κ2) is 7.81. The molecular formula is C17H18N5O4P. The number of amides is 1. The second-order valence-electron chi connectivity index (χ2n) is 5.87. The predicted octanol–water partition coefficient (Wildman–Crippen LogP) is 1.51. The maximum atomic E-state index is 11.4. The van der Waals surface area contributed by atoms with Crippen LogP contribution >= 0.6 is 7.60 Å². The highest BCUT2D eigenvalue weighted by Crippen LogP contribution is 2.39. The molecule has 1 amide bonds. The van der Waals surface area contributed by atoms with Crippen LogP contribution in [0.5, 0.6) is 0 Å². The quantitative estimate of drug-likeness (QED) is 0.469. The van der Waals surface area contributed by atoms with Crippen molar-refractivity contribution in [1.82, 2.24) is 15.0 Å². The summed E-state index contributed by atoms with van der Waals surface area (Å²) in [5.74, 6) is -0.294. The Morgan fingerprint density at radius 3 is 2.70 bits per heavy atom. The number of nitrogens with one attached hydrogen (secondary N) is 1. The van der Waals surface area contributed by atoms with Crippen molar-refractivity contribution in [3.05, 3.63) is 60.3 Å². The molecule has 1 heterocycles. The van der Waals surface area contributed by atoms with Crippen LogP contribution in [0.25, 0.3) is 16.9 Å². The minimum absolute atomic E-state index is 0.106. The molecule has 1 aromatic heterocycles. The molecule has 27 heavy (non-hydrogen) atoms. The number of aromatic nitrogens is 3. The Balaban J connectivity index is 1.85. The molecule has 0 saturated heterocycles. The number of carbonyl (C=O) groups is 1. The number of carbonyl (C=O) groups excluding carboxylic acids is 1. The van der Waals surface area contributed by atoms with E-state index < -0.39 is 7.60 Å². The molecular weight excluding hydrogens is 369 g/mol. The van der Waals surface area contributed by atoms with Crippen LogP contribution in [-0.2, 0) is 15.5 Å². The first-order valence-corrected chi connectivity index (χ1v) is 9.80. The molecule has 0 atom stereocenters. The van der Waals surface area contributed by atoms with Crippen molar-refractivity contribution >= 4 is 19.2 Å². The Labute approximate surface area is 155 Å². The van der Waals surface area contributed by atoms with Gasteiger partial charge in [-0.05, 0) is 29.8 Å². The van der Waals surface area contributed by atoms with Gasteiger partial charge in [-0.25, -0.2) is 4.68 Å². The van der Waals surface area contributed by atoms with Gasteiger partial charge in [0, 0.05) is 11.3 Å². The summed E-state index contributed by atoms with van der Waals surface area (Å²) in [6.07, 6.45) is 1.35. The molecule has 0 fully saturated rings. The van der Waals surface area contributed by atoms with Crippen molar-refractivity contribution < 1.29 is 19.1 Å². The third-order valence-electron chi connectivity index (χ3n) is 3.68. The maximum Gasteiger partial charge on any atom is 0.329 e. The van der Waals surface area contributed by atoms with Crippen LogP contribution in [0.2, 0.25) is 0 Å². The van der Waals surface area contributed by atoms with E-state index in [4.69, 9.17) is 15.5 Å². The summed E-state index contributed by atoms with van der Waals surface area (Å²) >= 11 is 0. The van der Waals surface area contributed by atoms with Crippen LogP contribution in [-0.4, -0.2) is 37.2 Å². The minimum atomic E-state index is -4.15. The highest BCUT2D eigenvalue weighted by Gasteiger charge is 2.14. The topological polar surface area (TPSA) is 143 Å². The number of hydrogen-bond donors (Lipinski definition) is 4. The van der Waals surface area contributed by atoms with Crippen molar-refractivity contribution in [3.8, 4) is 16.9 Å². The standard InChI is InChI=1S/C17H18N5O4P/c18-9-17(23)19-14-5-2-4-13(8-14)16-10-22(21-20-16)15-6-1-3-12(7-15)11-27(24,25)26/h1-8,10H,9,11,18H2,(H,19,23)(H2,24,25,26). The van der Waals surface area contributed by atoms with E-state index >= 15 is 0 Å². The smallest absolute Gasteiger partial charge is 0.325 e. The Bertz CT molecular complexity index is 1010. The van der Waals surface area contributed by atoms with E-state index in [1.807, 2.05) is 6.07 Å². The van der Waals surface area contributed by atoms with Gasteiger partial charge in [0.2, 0.25) is 5.91 Å². The number of nitrogens with two attached hydrogens (primary N) is 1. The van der Waals surface area contributed by atoms with Gasteiger partial charge in [0.05, 0.1) is 24.6 Å². The van der Waals surface area contributed by atoms with E-state index in [0.29, 0.717) is 22.6 Å². The van der Waals surface area contributed by atoms with Crippen LogP contribution in [0, 0.1) is 0 Å². The van der Waals surface area contributed by atoms with Crippen molar-refractivity contribution in [3.63, 3.8) is 0 Å². The van der Waals surface area contributed by atoms with E-state index in [1.165, 1.54) is 4.68 Å². The molecule has 9 nitrogen and oxygen atoms in total. The Morgan fingerprint density at radius 2 is 1.96 bits per heavy atom. The molecule has 0 saturated carbocycles. The number of rotatable bonds is 6. The average molecular weight is 387 g/mol. The van der Waals surface area contributed by atoms with Gasteiger partial charge in [-0.15, -0.1) is 5.10 Å². The Hall–Kier alpha value is -2.84. The fraction of sp³-hybridized carbons (Fsp3) is 0.118. The monoisotopic (exact) mass is 387 g/mol. The summed E-state index contributed by atoms with van der Waals surface area (Å²) < 4.78 is 12.7. The zero-order valence-electron chi connectivity index (χ0n) is 14.2. The van der Waals surface area contributed by atoms with Gasteiger partial charge in [-0.2, -0.15) is 0 Å². The van der Waals surface area contributed by atoms with Gasteiger partial charge in [0.1, 0.15) is 5.69 Å². The van der Waals surface area contributed by atoms with Crippen LogP contribution in [0.4, 0.5) is 5.69 Å². The highest BCUT2D eigenvalue weighted by molar-refractivity contribution is 7.50. The van der Waals surface area contributed by atoms with Crippen molar-refractivity contribution in [2.24, 2.45) is 5.73 Å². The number of nitrogens with zero attached hydrogens (tertiary/aromatic N) is 3. The van der Waals surface area contributed by atoms with Crippen LogP contribution in [0.3, 0.4) is 0 Å². The van der Waals surface area contributed by atoms with Gasteiger partial charge < -0.3 is 20.8 Å². The summed E-state index contributed by atoms with van der Waals surface area (Å²) in [5, 5.41) is 10.9. The highest BCUT2D eigenvalue weighted by atomic mass is 31.2. The minimum Gasteiger partial charge on any atom is -0.325 e. The predicted molar refractivity (Wildman–Crippen MR) is 100 cm³/mol. The molecule has 140 valence electrons. The number of benzene rings is 2. The summed E-state index contributed by atoms with van der Waals surface area (Å²) in [5.41, 5.74) is 8.37.